The molecule has 152 valence electrons. The Morgan fingerprint density at radius 2 is 2.03 bits per heavy atom. The average molecular weight is 414 g/mol. The van der Waals surface area contributed by atoms with Gasteiger partial charge in [0, 0.05) is 54.7 Å². The standard InChI is InChI=1S/C21H24ClN5O2/c1-13-9-17(19(22)16-3-4-23-20(13)16)21(28)26-12-18(27-5-7-29-8-6-27)15-10-24-14(2)25-11-15/h3-4,9-11,18,23H,5-8,12H2,1-2H3,(H,26,28)/t18-/m1/s1. The lowest BCUT2D eigenvalue weighted by Gasteiger charge is -2.34. The maximum atomic E-state index is 13.0. The molecule has 3 aromatic rings. The summed E-state index contributed by atoms with van der Waals surface area (Å²) in [7, 11) is 0. The molecular formula is C21H24ClN5O2. The number of aryl methyl sites for hydroxylation is 2. The molecule has 0 radical (unpaired) electrons. The second-order valence-electron chi connectivity index (χ2n) is 7.26. The van der Waals surface area contributed by atoms with Crippen LogP contribution in [-0.4, -0.2) is 58.6 Å². The summed E-state index contributed by atoms with van der Waals surface area (Å²) in [6.07, 6.45) is 5.49. The fourth-order valence-corrected chi connectivity index (χ4v) is 4.04. The van der Waals surface area contributed by atoms with E-state index in [-0.39, 0.29) is 11.9 Å². The number of aromatic nitrogens is 3. The number of nitrogens with one attached hydrogen (secondary N) is 2. The Bertz CT molecular complexity index is 1010. The van der Waals surface area contributed by atoms with E-state index in [0.717, 1.165) is 40.9 Å². The van der Waals surface area contributed by atoms with Gasteiger partial charge >= 0.3 is 0 Å². The van der Waals surface area contributed by atoms with Crippen LogP contribution >= 0.6 is 11.6 Å². The number of benzene rings is 1. The third-order valence-electron chi connectivity index (χ3n) is 5.35. The zero-order valence-corrected chi connectivity index (χ0v) is 17.3. The van der Waals surface area contributed by atoms with Crippen molar-refractivity contribution in [1.82, 2.24) is 25.2 Å². The zero-order chi connectivity index (χ0) is 20.4. The molecule has 29 heavy (non-hydrogen) atoms. The normalized spacial score (nSPS) is 16.1. The maximum Gasteiger partial charge on any atom is 0.252 e. The predicted octanol–water partition coefficient (Wildman–Crippen LogP) is 3.03. The van der Waals surface area contributed by atoms with Crippen LogP contribution in [0.4, 0.5) is 0 Å². The third-order valence-corrected chi connectivity index (χ3v) is 5.76. The lowest BCUT2D eigenvalue weighted by molar-refractivity contribution is 0.0161. The summed E-state index contributed by atoms with van der Waals surface area (Å²) in [5.41, 5.74) is 3.39. The number of amides is 1. The molecule has 7 nitrogen and oxygen atoms in total. The van der Waals surface area contributed by atoms with Gasteiger partial charge in [-0.2, -0.15) is 0 Å². The van der Waals surface area contributed by atoms with E-state index in [1.807, 2.05) is 44.6 Å². The Hall–Kier alpha value is -2.48. The second-order valence-corrected chi connectivity index (χ2v) is 7.64. The van der Waals surface area contributed by atoms with Gasteiger partial charge in [-0.1, -0.05) is 11.6 Å². The van der Waals surface area contributed by atoms with Gasteiger partial charge in [-0.25, -0.2) is 9.97 Å². The topological polar surface area (TPSA) is 83.1 Å². The van der Waals surface area contributed by atoms with Gasteiger partial charge in [0.15, 0.2) is 0 Å². The molecule has 1 atom stereocenters. The summed E-state index contributed by atoms with van der Waals surface area (Å²) in [6.45, 7) is 7.20. The van der Waals surface area contributed by atoms with Gasteiger partial charge in [0.25, 0.3) is 5.91 Å². The number of fused-ring (bicyclic) bond motifs is 1. The minimum Gasteiger partial charge on any atom is -0.379 e. The molecule has 0 unspecified atom stereocenters. The monoisotopic (exact) mass is 413 g/mol. The predicted molar refractivity (Wildman–Crippen MR) is 112 cm³/mol. The minimum absolute atomic E-state index is 0.0284. The molecule has 3 heterocycles. The van der Waals surface area contributed by atoms with Gasteiger partial charge in [0.05, 0.1) is 29.8 Å². The summed E-state index contributed by atoms with van der Waals surface area (Å²) >= 11 is 6.52. The first-order chi connectivity index (χ1) is 14.0. The number of hydrogen-bond acceptors (Lipinski definition) is 5. The maximum absolute atomic E-state index is 13.0. The molecule has 4 rings (SSSR count). The lowest BCUT2D eigenvalue weighted by atomic mass is 10.1. The largest absolute Gasteiger partial charge is 0.379 e. The summed E-state index contributed by atoms with van der Waals surface area (Å²) in [4.78, 5) is 27.1. The number of morpholine rings is 1. The minimum atomic E-state index is -0.188. The van der Waals surface area contributed by atoms with Crippen LogP contribution in [0.1, 0.15) is 33.4 Å². The highest BCUT2D eigenvalue weighted by Gasteiger charge is 2.25. The first kappa shape index (κ1) is 19.8. The SMILES string of the molecule is Cc1ncc([C@@H](CNC(=O)c2cc(C)c3[nH]ccc3c2Cl)N2CCOCC2)cn1. The van der Waals surface area contributed by atoms with E-state index in [0.29, 0.717) is 30.3 Å². The van der Waals surface area contributed by atoms with Crippen LogP contribution in [0.5, 0.6) is 0 Å². The number of H-pyrrole nitrogens is 1. The molecule has 1 amide bonds. The van der Waals surface area contributed by atoms with Crippen molar-refractivity contribution in [3.05, 3.63) is 58.3 Å². The number of ether oxygens (including phenoxy) is 1. The third kappa shape index (κ3) is 4.12. The Morgan fingerprint density at radius 1 is 1.31 bits per heavy atom. The molecule has 1 fully saturated rings. The number of rotatable bonds is 5. The van der Waals surface area contributed by atoms with Crippen molar-refractivity contribution >= 4 is 28.4 Å². The number of halogens is 1. The Kier molecular flexibility index (Phi) is 5.80. The van der Waals surface area contributed by atoms with Gasteiger partial charge in [0.2, 0.25) is 0 Å². The molecule has 2 aromatic heterocycles. The van der Waals surface area contributed by atoms with E-state index in [1.54, 1.807) is 0 Å². The van der Waals surface area contributed by atoms with E-state index in [1.165, 1.54) is 0 Å². The second kappa shape index (κ2) is 8.49. The molecule has 8 heteroatoms. The number of carbonyl (C=O) groups is 1. The van der Waals surface area contributed by atoms with Crippen LogP contribution in [0.3, 0.4) is 0 Å². The molecule has 0 bridgehead atoms. The van der Waals surface area contributed by atoms with Gasteiger partial charge in [-0.3, -0.25) is 9.69 Å². The molecule has 1 saturated heterocycles. The van der Waals surface area contributed by atoms with Crippen molar-refractivity contribution < 1.29 is 9.53 Å². The van der Waals surface area contributed by atoms with Gasteiger partial charge in [-0.15, -0.1) is 0 Å². The zero-order valence-electron chi connectivity index (χ0n) is 16.5. The quantitative estimate of drug-likeness (QED) is 0.671. The summed E-state index contributed by atoms with van der Waals surface area (Å²) in [5, 5.41) is 4.38. The van der Waals surface area contributed by atoms with Gasteiger partial charge in [-0.05, 0) is 31.5 Å². The van der Waals surface area contributed by atoms with Gasteiger partial charge in [0.1, 0.15) is 5.82 Å². The molecular weight excluding hydrogens is 390 g/mol. The van der Waals surface area contributed by atoms with E-state index >= 15 is 0 Å². The van der Waals surface area contributed by atoms with Crippen molar-refractivity contribution in [2.45, 2.75) is 19.9 Å². The fraction of sp³-hybridized carbons (Fsp3) is 0.381. The van der Waals surface area contributed by atoms with E-state index < -0.39 is 0 Å². The van der Waals surface area contributed by atoms with Crippen LogP contribution in [0.15, 0.2) is 30.7 Å². The summed E-state index contributed by atoms with van der Waals surface area (Å²) in [5.74, 6) is 0.535. The Labute approximate surface area is 174 Å². The smallest absolute Gasteiger partial charge is 0.252 e. The molecule has 0 saturated carbocycles. The highest BCUT2D eigenvalue weighted by Crippen LogP contribution is 2.29. The average Bonchev–Trinajstić information content (AvgIpc) is 3.24. The van der Waals surface area contributed by atoms with E-state index in [4.69, 9.17) is 16.3 Å². The molecule has 1 aliphatic rings. The highest BCUT2D eigenvalue weighted by molar-refractivity contribution is 6.38. The van der Waals surface area contributed by atoms with Crippen molar-refractivity contribution in [3.63, 3.8) is 0 Å². The van der Waals surface area contributed by atoms with Crippen LogP contribution in [0.2, 0.25) is 5.02 Å². The van der Waals surface area contributed by atoms with Crippen LogP contribution < -0.4 is 5.32 Å². The molecule has 1 aliphatic heterocycles. The van der Waals surface area contributed by atoms with Gasteiger partial charge < -0.3 is 15.0 Å². The van der Waals surface area contributed by atoms with E-state index in [9.17, 15) is 4.79 Å². The van der Waals surface area contributed by atoms with Crippen LogP contribution in [0, 0.1) is 13.8 Å². The summed E-state index contributed by atoms with van der Waals surface area (Å²) in [6, 6.07) is 3.69. The van der Waals surface area contributed by atoms with Crippen molar-refractivity contribution in [1.29, 1.82) is 0 Å². The van der Waals surface area contributed by atoms with Crippen molar-refractivity contribution in [2.75, 3.05) is 32.8 Å². The summed E-state index contributed by atoms with van der Waals surface area (Å²) < 4.78 is 5.48. The highest BCUT2D eigenvalue weighted by atomic mass is 35.5. The van der Waals surface area contributed by atoms with Crippen molar-refractivity contribution in [3.8, 4) is 0 Å². The number of aromatic amines is 1. The molecule has 1 aromatic carbocycles. The first-order valence-corrected chi connectivity index (χ1v) is 10.1. The van der Waals surface area contributed by atoms with Crippen molar-refractivity contribution in [2.24, 2.45) is 0 Å². The Balaban J connectivity index is 1.56. The number of nitrogens with zero attached hydrogens (tertiary/aromatic N) is 3. The first-order valence-electron chi connectivity index (χ1n) is 9.69. The molecule has 0 aliphatic carbocycles. The fourth-order valence-electron chi connectivity index (χ4n) is 3.75. The number of carbonyl (C=O) groups excluding carboxylic acids is 1. The Morgan fingerprint density at radius 3 is 2.76 bits per heavy atom. The lowest BCUT2D eigenvalue weighted by Crippen LogP contribution is -2.44. The number of hydrogen-bond donors (Lipinski definition) is 2. The van der Waals surface area contributed by atoms with Crippen LogP contribution in [0.25, 0.3) is 10.9 Å². The van der Waals surface area contributed by atoms with Crippen LogP contribution in [-0.2, 0) is 4.74 Å². The molecule has 2 N–H and O–H groups in total. The van der Waals surface area contributed by atoms with E-state index in [2.05, 4.69) is 25.2 Å². The molecule has 0 spiro atoms.